The average molecular weight is 443 g/mol. The molecule has 0 amide bonds. The van der Waals surface area contributed by atoms with Crippen molar-refractivity contribution in [3.63, 3.8) is 0 Å². The fourth-order valence-electron chi connectivity index (χ4n) is 3.63. The summed E-state index contributed by atoms with van der Waals surface area (Å²) in [5.74, 6) is -10.2. The minimum Gasteiger partial charge on any atom is -0.391 e. The summed E-state index contributed by atoms with van der Waals surface area (Å²) in [5, 5.41) is 6.99. The fraction of sp³-hybridized carbons (Fsp3) is 0.350. The fourth-order valence-corrected chi connectivity index (χ4v) is 3.97. The number of nitrogens with zero attached hydrogens (tertiary/aromatic N) is 2. The molecule has 0 bridgehead atoms. The molecule has 1 N–H and O–H groups in total. The Bertz CT molecular complexity index is 957. The Hall–Kier alpha value is -2.62. The van der Waals surface area contributed by atoms with E-state index in [2.05, 4.69) is 15.5 Å². The lowest BCUT2D eigenvalue weighted by atomic mass is 9.68. The highest BCUT2D eigenvalue weighted by Gasteiger charge is 2.44. The first-order valence-electron chi connectivity index (χ1n) is 9.16. The Morgan fingerprint density at radius 3 is 2.40 bits per heavy atom. The second-order valence-electron chi connectivity index (χ2n) is 6.79. The standard InChI is InChI=1S/C20H18F5N3OS/c1-26-19(30)20(11-5-4-8-27-9-11)7-3-2-6-13(20)28-29-10-12-14(21)16(23)18(25)17(24)15(12)22/h4-5,8-9H,2-3,6-7,10H2,1H3,(H,26,30)/t20-/m0/s1. The van der Waals surface area contributed by atoms with Gasteiger partial charge in [-0.15, -0.1) is 0 Å². The molecule has 160 valence electrons. The predicted molar refractivity (Wildman–Crippen MR) is 104 cm³/mol. The molecule has 1 saturated carbocycles. The number of nitrogens with one attached hydrogen (secondary N) is 1. The Morgan fingerprint density at radius 2 is 1.80 bits per heavy atom. The van der Waals surface area contributed by atoms with E-state index in [1.165, 1.54) is 0 Å². The molecule has 1 aromatic carbocycles. The molecule has 1 aliphatic carbocycles. The second-order valence-corrected chi connectivity index (χ2v) is 7.20. The molecule has 1 atom stereocenters. The third-order valence-electron chi connectivity index (χ3n) is 5.16. The van der Waals surface area contributed by atoms with Gasteiger partial charge in [0.05, 0.1) is 21.7 Å². The molecule has 1 aliphatic rings. The smallest absolute Gasteiger partial charge is 0.200 e. The molecule has 1 aromatic heterocycles. The SMILES string of the molecule is CNC(=S)[C@]1(c2cccnc2)CCCCC1=NOCc1c(F)c(F)c(F)c(F)c1F. The number of thiocarbonyl (C=S) groups is 1. The van der Waals surface area contributed by atoms with Crippen molar-refractivity contribution in [2.45, 2.75) is 37.7 Å². The largest absolute Gasteiger partial charge is 0.391 e. The highest BCUT2D eigenvalue weighted by molar-refractivity contribution is 7.80. The monoisotopic (exact) mass is 443 g/mol. The van der Waals surface area contributed by atoms with E-state index in [0.717, 1.165) is 18.4 Å². The molecule has 2 aromatic rings. The van der Waals surface area contributed by atoms with E-state index in [4.69, 9.17) is 17.1 Å². The van der Waals surface area contributed by atoms with Crippen LogP contribution in [0.5, 0.6) is 0 Å². The number of benzene rings is 1. The maximum Gasteiger partial charge on any atom is 0.200 e. The van der Waals surface area contributed by atoms with Crippen LogP contribution in [0.2, 0.25) is 0 Å². The maximum absolute atomic E-state index is 13.9. The van der Waals surface area contributed by atoms with Gasteiger partial charge in [-0.1, -0.05) is 29.9 Å². The molecule has 0 aliphatic heterocycles. The molecule has 1 heterocycles. The lowest BCUT2D eigenvalue weighted by Gasteiger charge is -2.38. The molecule has 0 spiro atoms. The number of hydrogen-bond donors (Lipinski definition) is 1. The minimum atomic E-state index is -2.22. The van der Waals surface area contributed by atoms with Gasteiger partial charge in [-0.2, -0.15) is 0 Å². The van der Waals surface area contributed by atoms with Crippen LogP contribution in [0.25, 0.3) is 0 Å². The van der Waals surface area contributed by atoms with Crippen molar-refractivity contribution in [1.29, 1.82) is 0 Å². The number of pyridine rings is 1. The molecule has 30 heavy (non-hydrogen) atoms. The quantitative estimate of drug-likeness (QED) is 0.239. The van der Waals surface area contributed by atoms with Crippen LogP contribution in [0.3, 0.4) is 0 Å². The van der Waals surface area contributed by atoms with Gasteiger partial charge in [0.15, 0.2) is 23.3 Å². The third kappa shape index (κ3) is 3.76. The van der Waals surface area contributed by atoms with Crippen molar-refractivity contribution in [2.75, 3.05) is 7.05 Å². The van der Waals surface area contributed by atoms with Gasteiger partial charge < -0.3 is 10.2 Å². The van der Waals surface area contributed by atoms with Gasteiger partial charge in [-0.25, -0.2) is 22.0 Å². The van der Waals surface area contributed by atoms with Crippen LogP contribution >= 0.6 is 12.2 Å². The van der Waals surface area contributed by atoms with Crippen molar-refractivity contribution in [1.82, 2.24) is 10.3 Å². The zero-order chi connectivity index (χ0) is 21.9. The summed E-state index contributed by atoms with van der Waals surface area (Å²) in [5.41, 5.74) is -0.671. The number of aromatic nitrogens is 1. The summed E-state index contributed by atoms with van der Waals surface area (Å²) in [6.45, 7) is -0.926. The van der Waals surface area contributed by atoms with Gasteiger partial charge in [-0.05, 0) is 30.9 Å². The van der Waals surface area contributed by atoms with Gasteiger partial charge in [0.1, 0.15) is 6.61 Å². The van der Waals surface area contributed by atoms with Crippen molar-refractivity contribution < 1.29 is 26.8 Å². The summed E-state index contributed by atoms with van der Waals surface area (Å²) in [4.78, 5) is 9.69. The Kier molecular flexibility index (Phi) is 6.64. The Balaban J connectivity index is 1.97. The van der Waals surface area contributed by atoms with Crippen LogP contribution in [-0.4, -0.2) is 22.7 Å². The van der Waals surface area contributed by atoms with E-state index in [0.29, 0.717) is 23.5 Å². The van der Waals surface area contributed by atoms with Crippen LogP contribution in [0.4, 0.5) is 22.0 Å². The molecule has 3 rings (SSSR count). The maximum atomic E-state index is 13.9. The van der Waals surface area contributed by atoms with Crippen molar-refractivity contribution >= 4 is 22.9 Å². The van der Waals surface area contributed by atoms with Crippen LogP contribution in [0, 0.1) is 29.1 Å². The van der Waals surface area contributed by atoms with Gasteiger partial charge in [0.25, 0.3) is 0 Å². The summed E-state index contributed by atoms with van der Waals surface area (Å²) in [7, 11) is 1.67. The number of hydrogen-bond acceptors (Lipinski definition) is 4. The molecular weight excluding hydrogens is 425 g/mol. The normalized spacial score (nSPS) is 20.3. The van der Waals surface area contributed by atoms with Crippen molar-refractivity contribution in [3.8, 4) is 0 Å². The number of halogens is 5. The Labute approximate surface area is 175 Å². The molecule has 0 unspecified atom stereocenters. The molecule has 1 fully saturated rings. The van der Waals surface area contributed by atoms with Gasteiger partial charge in [-0.3, -0.25) is 4.98 Å². The van der Waals surface area contributed by atoms with E-state index in [1.807, 2.05) is 6.07 Å². The molecule has 4 nitrogen and oxygen atoms in total. The van der Waals surface area contributed by atoms with Gasteiger partial charge in [0, 0.05) is 19.4 Å². The van der Waals surface area contributed by atoms with Crippen LogP contribution < -0.4 is 5.32 Å². The summed E-state index contributed by atoms with van der Waals surface area (Å²) in [6.07, 6.45) is 5.96. The van der Waals surface area contributed by atoms with Gasteiger partial charge >= 0.3 is 0 Å². The number of likely N-dealkylation sites (N-methyl/N-ethyl adjacent to an activating group) is 1. The van der Waals surface area contributed by atoms with Crippen LogP contribution in [-0.2, 0) is 16.9 Å². The van der Waals surface area contributed by atoms with Crippen LogP contribution in [0.1, 0.15) is 36.8 Å². The van der Waals surface area contributed by atoms with E-state index in [9.17, 15) is 22.0 Å². The minimum absolute atomic E-state index is 0.466. The highest BCUT2D eigenvalue weighted by Crippen LogP contribution is 2.38. The van der Waals surface area contributed by atoms with E-state index < -0.39 is 46.7 Å². The topological polar surface area (TPSA) is 46.5 Å². The van der Waals surface area contributed by atoms with E-state index in [-0.39, 0.29) is 0 Å². The first kappa shape index (κ1) is 22.1. The molecule has 10 heteroatoms. The Morgan fingerprint density at radius 1 is 1.13 bits per heavy atom. The first-order chi connectivity index (χ1) is 14.3. The average Bonchev–Trinajstić information content (AvgIpc) is 2.79. The number of rotatable bonds is 5. The lowest BCUT2D eigenvalue weighted by Crippen LogP contribution is -2.50. The number of oxime groups is 1. The van der Waals surface area contributed by atoms with Crippen LogP contribution in [0.15, 0.2) is 29.7 Å². The highest BCUT2D eigenvalue weighted by atomic mass is 32.1. The first-order valence-corrected chi connectivity index (χ1v) is 9.57. The third-order valence-corrected chi connectivity index (χ3v) is 5.71. The van der Waals surface area contributed by atoms with E-state index >= 15 is 0 Å². The van der Waals surface area contributed by atoms with Crippen molar-refractivity contribution in [2.24, 2.45) is 5.16 Å². The summed E-state index contributed by atoms with van der Waals surface area (Å²) in [6, 6.07) is 3.58. The molecule has 0 saturated heterocycles. The zero-order valence-electron chi connectivity index (χ0n) is 15.9. The summed E-state index contributed by atoms with van der Waals surface area (Å²) >= 11 is 5.54. The molecular formula is C20H18F5N3OS. The lowest BCUT2D eigenvalue weighted by molar-refractivity contribution is 0.120. The van der Waals surface area contributed by atoms with Crippen molar-refractivity contribution in [3.05, 3.63) is 64.7 Å². The zero-order valence-corrected chi connectivity index (χ0v) is 16.8. The van der Waals surface area contributed by atoms with E-state index in [1.54, 1.807) is 25.5 Å². The molecule has 0 radical (unpaired) electrons. The van der Waals surface area contributed by atoms with Gasteiger partial charge in [0.2, 0.25) is 5.82 Å². The summed E-state index contributed by atoms with van der Waals surface area (Å²) < 4.78 is 67.8. The predicted octanol–water partition coefficient (Wildman–Crippen LogP) is 4.71. The second kappa shape index (κ2) is 9.03.